The number of ketones is 1. The van der Waals surface area contributed by atoms with Crippen LogP contribution in [0.25, 0.3) is 0 Å². The van der Waals surface area contributed by atoms with E-state index in [4.69, 9.17) is 0 Å². The molecular weight excluding hydrogens is 462 g/mol. The summed E-state index contributed by atoms with van der Waals surface area (Å²) in [6.45, 7) is 5.76. The fraction of sp³-hybridized carbons (Fsp3) is 0.567. The lowest BCUT2D eigenvalue weighted by atomic mass is 9.94. The Morgan fingerprint density at radius 1 is 0.857 bits per heavy atom. The molecule has 0 radical (unpaired) electrons. The van der Waals surface area contributed by atoms with Crippen LogP contribution in [-0.2, 0) is 11.2 Å². The number of alkyl halides is 2. The van der Waals surface area contributed by atoms with Crippen LogP contribution in [0.15, 0.2) is 36.4 Å². The molecule has 2 rings (SSSR count). The summed E-state index contributed by atoms with van der Waals surface area (Å²) >= 11 is 1.74. The van der Waals surface area contributed by atoms with E-state index in [9.17, 15) is 18.7 Å². The number of hydrogen-bond donors (Lipinski definition) is 1. The fourth-order valence-electron chi connectivity index (χ4n) is 4.46. The highest BCUT2D eigenvalue weighted by atomic mass is 32.2. The maximum atomic E-state index is 13.4. The summed E-state index contributed by atoms with van der Waals surface area (Å²) in [5, 5.41) is 10.0. The van der Waals surface area contributed by atoms with Crippen molar-refractivity contribution in [1.82, 2.24) is 0 Å². The van der Waals surface area contributed by atoms with E-state index in [1.54, 1.807) is 11.8 Å². The van der Waals surface area contributed by atoms with Gasteiger partial charge in [-0.3, -0.25) is 4.79 Å². The number of aromatic hydroxyl groups is 1. The van der Waals surface area contributed by atoms with Crippen LogP contribution in [0.4, 0.5) is 8.78 Å². The highest BCUT2D eigenvalue weighted by Crippen LogP contribution is 2.34. The largest absolute Gasteiger partial charge is 0.507 e. The minimum atomic E-state index is -2.16. The van der Waals surface area contributed by atoms with Crippen LogP contribution in [0.3, 0.4) is 0 Å². The first kappa shape index (κ1) is 29.4. The molecule has 0 aliphatic heterocycles. The van der Waals surface area contributed by atoms with Crippen molar-refractivity contribution in [3.63, 3.8) is 0 Å². The van der Waals surface area contributed by atoms with Crippen molar-refractivity contribution in [1.29, 1.82) is 0 Å². The zero-order valence-corrected chi connectivity index (χ0v) is 22.4. The Kier molecular flexibility index (Phi) is 13.4. The Labute approximate surface area is 214 Å². The quantitative estimate of drug-likeness (QED) is 0.218. The fourth-order valence-corrected chi connectivity index (χ4v) is 5.68. The summed E-state index contributed by atoms with van der Waals surface area (Å²) in [5.74, 6) is 1.48. The second kappa shape index (κ2) is 16.0. The van der Waals surface area contributed by atoms with Crippen LogP contribution in [0.1, 0.15) is 97.3 Å². The molecule has 0 spiro atoms. The van der Waals surface area contributed by atoms with Crippen LogP contribution in [0, 0.1) is 20.8 Å². The number of phenolic OH excluding ortho intramolecular Hbond substituents is 1. The Morgan fingerprint density at radius 2 is 1.43 bits per heavy atom. The van der Waals surface area contributed by atoms with Crippen molar-refractivity contribution in [2.24, 2.45) is 0 Å². The second-order valence-electron chi connectivity index (χ2n) is 9.62. The lowest BCUT2D eigenvalue weighted by molar-refractivity contribution is -0.118. The summed E-state index contributed by atoms with van der Waals surface area (Å²) in [4.78, 5) is 13.4. The van der Waals surface area contributed by atoms with Crippen LogP contribution in [0.2, 0.25) is 0 Å². The molecule has 0 bridgehead atoms. The lowest BCUT2D eigenvalue weighted by Crippen LogP contribution is -2.14. The van der Waals surface area contributed by atoms with E-state index in [1.807, 2.05) is 57.2 Å². The van der Waals surface area contributed by atoms with E-state index in [2.05, 4.69) is 0 Å². The van der Waals surface area contributed by atoms with Gasteiger partial charge in [0.25, 0.3) is 0 Å². The maximum absolute atomic E-state index is 13.4. The third kappa shape index (κ3) is 10.3. The highest BCUT2D eigenvalue weighted by molar-refractivity contribution is 8.00. The van der Waals surface area contributed by atoms with Crippen molar-refractivity contribution in [2.75, 3.05) is 5.75 Å². The number of rotatable bonds is 17. The number of thioether (sulfide) groups is 1. The molecule has 35 heavy (non-hydrogen) atoms. The zero-order chi connectivity index (χ0) is 25.6. The molecule has 0 unspecified atom stereocenters. The molecule has 0 aliphatic rings. The van der Waals surface area contributed by atoms with Gasteiger partial charge in [-0.2, -0.15) is 0 Å². The Balaban J connectivity index is 1.78. The molecule has 5 heteroatoms. The van der Waals surface area contributed by atoms with Crippen molar-refractivity contribution in [2.45, 2.75) is 103 Å². The summed E-state index contributed by atoms with van der Waals surface area (Å²) in [5.41, 5.74) is 4.71. The number of carbonyl (C=O) groups excluding carboxylic acids is 1. The van der Waals surface area contributed by atoms with E-state index >= 15 is 0 Å². The van der Waals surface area contributed by atoms with Crippen molar-refractivity contribution in [3.8, 4) is 5.75 Å². The Hall–Kier alpha value is -1.88. The average Bonchev–Trinajstić information content (AvgIpc) is 2.84. The molecule has 0 aliphatic carbocycles. The van der Waals surface area contributed by atoms with E-state index < -0.39 is 6.43 Å². The molecule has 1 N–H and O–H groups in total. The number of carbonyl (C=O) groups is 1. The van der Waals surface area contributed by atoms with Crippen molar-refractivity contribution in [3.05, 3.63) is 64.2 Å². The van der Waals surface area contributed by atoms with Gasteiger partial charge in [0.15, 0.2) is 5.78 Å². The highest BCUT2D eigenvalue weighted by Gasteiger charge is 2.22. The number of aryl methyl sites for hydroxylation is 1. The number of unbranched alkanes of at least 4 members (excludes halogenated alkanes) is 8. The lowest BCUT2D eigenvalue weighted by Gasteiger charge is -2.18. The van der Waals surface area contributed by atoms with Gasteiger partial charge in [0.2, 0.25) is 6.43 Å². The molecule has 0 aromatic heterocycles. The summed E-state index contributed by atoms with van der Waals surface area (Å²) in [6.07, 6.45) is 7.81. The molecular formula is C30H42F2O2S. The third-order valence-corrected chi connectivity index (χ3v) is 8.17. The van der Waals surface area contributed by atoms with E-state index in [1.165, 1.54) is 19.3 Å². The SMILES string of the molecule is Cc1cc(CC(=O)[C@@H](SCCCCCCCCCCCC(F)F)c2ccccc2)c(C)c(C)c1O. The normalized spacial score (nSPS) is 12.3. The number of hydrogen-bond acceptors (Lipinski definition) is 3. The minimum absolute atomic E-state index is 0.0397. The van der Waals surface area contributed by atoms with Crippen LogP contribution in [-0.4, -0.2) is 23.1 Å². The summed E-state index contributed by atoms with van der Waals surface area (Å²) < 4.78 is 24.3. The molecule has 2 aromatic rings. The first-order chi connectivity index (χ1) is 16.8. The van der Waals surface area contributed by atoms with Crippen LogP contribution >= 0.6 is 11.8 Å². The molecule has 0 fully saturated rings. The monoisotopic (exact) mass is 504 g/mol. The van der Waals surface area contributed by atoms with Crippen LogP contribution in [0.5, 0.6) is 5.75 Å². The number of benzene rings is 2. The molecule has 0 saturated heterocycles. The van der Waals surface area contributed by atoms with Gasteiger partial charge < -0.3 is 5.11 Å². The van der Waals surface area contributed by atoms with Gasteiger partial charge >= 0.3 is 0 Å². The number of Topliss-reactive ketones (excluding diaryl/α,β-unsaturated/α-hetero) is 1. The van der Waals surface area contributed by atoms with Gasteiger partial charge in [0, 0.05) is 12.8 Å². The molecule has 2 nitrogen and oxygen atoms in total. The number of phenols is 1. The third-order valence-electron chi connectivity index (χ3n) is 6.77. The standard InChI is InChI=1S/C30H42F2O2S/c1-22-20-26(23(2)24(3)29(22)34)21-27(33)30(25-16-12-11-13-17-25)35-19-15-10-8-6-4-5-7-9-14-18-28(31)32/h11-13,16-17,20,28,30,34H,4-10,14-15,18-19,21H2,1-3H3/t30-/m0/s1. The van der Waals surface area contributed by atoms with Crippen molar-refractivity contribution >= 4 is 17.5 Å². The maximum Gasteiger partial charge on any atom is 0.238 e. The minimum Gasteiger partial charge on any atom is -0.507 e. The second-order valence-corrected chi connectivity index (χ2v) is 10.8. The zero-order valence-electron chi connectivity index (χ0n) is 21.6. The van der Waals surface area contributed by atoms with Gasteiger partial charge in [0.1, 0.15) is 5.75 Å². The molecule has 1 atom stereocenters. The predicted molar refractivity (Wildman–Crippen MR) is 145 cm³/mol. The van der Waals surface area contributed by atoms with Gasteiger partial charge in [0.05, 0.1) is 5.25 Å². The molecule has 2 aromatic carbocycles. The molecule has 0 heterocycles. The van der Waals surface area contributed by atoms with Gasteiger partial charge in [-0.25, -0.2) is 8.78 Å². The van der Waals surface area contributed by atoms with Crippen molar-refractivity contribution < 1.29 is 18.7 Å². The van der Waals surface area contributed by atoms with E-state index in [0.717, 1.165) is 65.7 Å². The molecule has 0 amide bonds. The summed E-state index contributed by atoms with van der Waals surface area (Å²) in [7, 11) is 0. The van der Waals surface area contributed by atoms with Gasteiger partial charge in [-0.15, -0.1) is 11.8 Å². The first-order valence-corrected chi connectivity index (χ1v) is 14.1. The molecule has 0 saturated carbocycles. The van der Waals surface area contributed by atoms with Crippen LogP contribution < -0.4 is 0 Å². The average molecular weight is 505 g/mol. The predicted octanol–water partition coefficient (Wildman–Crippen LogP) is 9.07. The van der Waals surface area contributed by atoms with E-state index in [0.29, 0.717) is 18.6 Å². The summed E-state index contributed by atoms with van der Waals surface area (Å²) in [6, 6.07) is 12.0. The Morgan fingerprint density at radius 3 is 2.03 bits per heavy atom. The van der Waals surface area contributed by atoms with E-state index in [-0.39, 0.29) is 17.5 Å². The molecule has 194 valence electrons. The smallest absolute Gasteiger partial charge is 0.238 e. The first-order valence-electron chi connectivity index (χ1n) is 13.1. The van der Waals surface area contributed by atoms with Gasteiger partial charge in [-0.05, 0) is 67.2 Å². The Bertz CT molecular complexity index is 899. The van der Waals surface area contributed by atoms with Gasteiger partial charge in [-0.1, -0.05) is 81.3 Å². The number of halogens is 2. The topological polar surface area (TPSA) is 37.3 Å².